The maximum atomic E-state index is 13.2. The molecule has 7 nitrogen and oxygen atoms in total. The molecule has 0 spiro atoms. The van der Waals surface area contributed by atoms with E-state index in [9.17, 15) is 9.59 Å². The van der Waals surface area contributed by atoms with Crippen molar-refractivity contribution in [2.45, 2.75) is 37.6 Å². The molecular weight excluding hydrogens is 472 g/mol. The Kier molecular flexibility index (Phi) is 7.74. The Balaban J connectivity index is 1.46. The van der Waals surface area contributed by atoms with Crippen molar-refractivity contribution in [3.63, 3.8) is 0 Å². The van der Waals surface area contributed by atoms with Crippen LogP contribution in [-0.4, -0.2) is 30.3 Å². The first-order valence-corrected chi connectivity index (χ1v) is 12.0. The van der Waals surface area contributed by atoms with Crippen LogP contribution in [0.1, 0.15) is 33.3 Å². The highest BCUT2D eigenvalue weighted by Crippen LogP contribution is 2.36. The lowest BCUT2D eigenvalue weighted by Gasteiger charge is -2.39. The smallest absolute Gasteiger partial charge is 0.340 e. The van der Waals surface area contributed by atoms with E-state index in [1.54, 1.807) is 42.5 Å². The summed E-state index contributed by atoms with van der Waals surface area (Å²) in [6, 6.07) is 30.9. The summed E-state index contributed by atoms with van der Waals surface area (Å²) >= 11 is 0. The Bertz CT molecular complexity index is 1270. The minimum Gasteiger partial charge on any atom is -0.465 e. The number of furan rings is 1. The zero-order valence-electron chi connectivity index (χ0n) is 20.0. The number of cyclic esters (lactones) is 1. The average Bonchev–Trinajstić information content (AvgIpc) is 3.48. The van der Waals surface area contributed by atoms with Crippen molar-refractivity contribution < 1.29 is 33.0 Å². The molecule has 4 atom stereocenters. The molecule has 1 aliphatic heterocycles. The second-order valence-corrected chi connectivity index (χ2v) is 8.59. The molecule has 0 aliphatic carbocycles. The highest BCUT2D eigenvalue weighted by molar-refractivity contribution is 5.90. The maximum Gasteiger partial charge on any atom is 0.340 e. The van der Waals surface area contributed by atoms with Gasteiger partial charge < -0.3 is 23.4 Å². The Morgan fingerprint density at radius 3 is 1.89 bits per heavy atom. The maximum absolute atomic E-state index is 13.2. The van der Waals surface area contributed by atoms with Crippen LogP contribution in [0.4, 0.5) is 0 Å². The predicted octanol–water partition coefficient (Wildman–Crippen LogP) is 5.27. The van der Waals surface area contributed by atoms with Gasteiger partial charge in [0.15, 0.2) is 18.3 Å². The van der Waals surface area contributed by atoms with Crippen molar-refractivity contribution in [2.24, 2.45) is 0 Å². The molecule has 1 fully saturated rings. The van der Waals surface area contributed by atoms with E-state index in [0.29, 0.717) is 11.3 Å². The number of hydrogen-bond donors (Lipinski definition) is 0. The van der Waals surface area contributed by atoms with Crippen LogP contribution < -0.4 is 0 Å². The van der Waals surface area contributed by atoms with Gasteiger partial charge in [0, 0.05) is 0 Å². The number of carbonyl (C=O) groups excluding carboxylic acids is 2. The zero-order valence-corrected chi connectivity index (χ0v) is 20.0. The number of carbonyl (C=O) groups is 2. The summed E-state index contributed by atoms with van der Waals surface area (Å²) in [6.45, 7) is 0.321. The van der Waals surface area contributed by atoms with Crippen molar-refractivity contribution in [1.29, 1.82) is 0 Å². The van der Waals surface area contributed by atoms with Gasteiger partial charge in [-0.05, 0) is 35.4 Å². The number of ether oxygens (including phenoxy) is 4. The number of hydrogen-bond acceptors (Lipinski definition) is 7. The van der Waals surface area contributed by atoms with Crippen LogP contribution in [0.25, 0.3) is 0 Å². The molecular formula is C30H26O7. The van der Waals surface area contributed by atoms with Gasteiger partial charge in [-0.1, -0.05) is 78.9 Å². The van der Waals surface area contributed by atoms with E-state index < -0.39 is 36.4 Å². The van der Waals surface area contributed by atoms with Crippen molar-refractivity contribution >= 4 is 11.9 Å². The van der Waals surface area contributed by atoms with Gasteiger partial charge in [0.25, 0.3) is 0 Å². The second kappa shape index (κ2) is 11.7. The molecule has 7 heteroatoms. The van der Waals surface area contributed by atoms with Gasteiger partial charge in [-0.3, -0.25) is 0 Å². The molecule has 1 aromatic heterocycles. The second-order valence-electron chi connectivity index (χ2n) is 8.59. The van der Waals surface area contributed by atoms with Crippen LogP contribution in [0.2, 0.25) is 0 Å². The average molecular weight is 499 g/mol. The molecule has 5 rings (SSSR count). The minimum absolute atomic E-state index is 0.122. The van der Waals surface area contributed by atoms with Gasteiger partial charge in [0.05, 0.1) is 25.0 Å². The number of benzene rings is 3. The highest BCUT2D eigenvalue weighted by Gasteiger charge is 2.51. The minimum atomic E-state index is -1.21. The molecule has 37 heavy (non-hydrogen) atoms. The molecule has 0 saturated carbocycles. The van der Waals surface area contributed by atoms with Gasteiger partial charge in [-0.25, -0.2) is 9.59 Å². The fourth-order valence-corrected chi connectivity index (χ4v) is 4.18. The van der Waals surface area contributed by atoms with Crippen molar-refractivity contribution in [1.82, 2.24) is 0 Å². The normalized spacial score (nSPS) is 21.2. The third-order valence-electron chi connectivity index (χ3n) is 6.03. The van der Waals surface area contributed by atoms with Gasteiger partial charge in [0.2, 0.25) is 0 Å². The first-order chi connectivity index (χ1) is 18.2. The molecule has 1 saturated heterocycles. The predicted molar refractivity (Wildman–Crippen MR) is 133 cm³/mol. The Labute approximate surface area is 214 Å². The lowest BCUT2D eigenvalue weighted by molar-refractivity contribution is -0.225. The summed E-state index contributed by atoms with van der Waals surface area (Å²) < 4.78 is 29.6. The molecule has 3 aromatic carbocycles. The molecule has 188 valence electrons. The molecule has 4 aromatic rings. The van der Waals surface area contributed by atoms with E-state index in [1.807, 2.05) is 60.7 Å². The summed E-state index contributed by atoms with van der Waals surface area (Å²) in [4.78, 5) is 26.4. The van der Waals surface area contributed by atoms with Crippen LogP contribution in [0.5, 0.6) is 0 Å². The van der Waals surface area contributed by atoms with Gasteiger partial charge in [-0.2, -0.15) is 0 Å². The van der Waals surface area contributed by atoms with Crippen molar-refractivity contribution in [3.05, 3.63) is 132 Å². The Morgan fingerprint density at radius 1 is 0.703 bits per heavy atom. The molecule has 1 aliphatic rings. The zero-order chi connectivity index (χ0) is 25.5. The molecule has 0 amide bonds. The first kappa shape index (κ1) is 24.5. The fourth-order valence-electron chi connectivity index (χ4n) is 4.18. The van der Waals surface area contributed by atoms with E-state index in [-0.39, 0.29) is 13.2 Å². The molecule has 2 heterocycles. The van der Waals surface area contributed by atoms with Crippen molar-refractivity contribution in [3.8, 4) is 0 Å². The van der Waals surface area contributed by atoms with E-state index in [1.165, 1.54) is 6.26 Å². The van der Waals surface area contributed by atoms with Crippen LogP contribution in [0.15, 0.2) is 114 Å². The molecule has 0 bridgehead atoms. The quantitative estimate of drug-likeness (QED) is 0.291. The van der Waals surface area contributed by atoms with E-state index in [2.05, 4.69) is 0 Å². The molecule has 0 radical (unpaired) electrons. The number of rotatable bonds is 9. The lowest BCUT2D eigenvalue weighted by Crippen LogP contribution is -2.55. The van der Waals surface area contributed by atoms with E-state index >= 15 is 0 Å². The Morgan fingerprint density at radius 2 is 1.30 bits per heavy atom. The van der Waals surface area contributed by atoms with Crippen LogP contribution in [-0.2, 0) is 37.0 Å². The summed E-state index contributed by atoms with van der Waals surface area (Å²) in [6.07, 6.45) is -2.65. The van der Waals surface area contributed by atoms with Gasteiger partial charge >= 0.3 is 11.9 Å². The van der Waals surface area contributed by atoms with E-state index in [4.69, 9.17) is 23.4 Å². The van der Waals surface area contributed by atoms with Crippen LogP contribution in [0, 0.1) is 0 Å². The summed E-state index contributed by atoms with van der Waals surface area (Å²) in [7, 11) is 0. The first-order valence-electron chi connectivity index (χ1n) is 12.0. The summed E-state index contributed by atoms with van der Waals surface area (Å²) in [5, 5.41) is 0. The third-order valence-corrected chi connectivity index (χ3v) is 6.03. The fraction of sp³-hybridized carbons (Fsp3) is 0.200. The van der Waals surface area contributed by atoms with Gasteiger partial charge in [0.1, 0.15) is 11.9 Å². The van der Waals surface area contributed by atoms with Gasteiger partial charge in [-0.15, -0.1) is 0 Å². The standard InChI is InChI=1S/C30H26O7/c31-29(23-15-8-3-9-16-23)37-27-26(34-19-21-11-4-1-5-12-21)25(24-17-10-18-33-24)36-30(32)28(27)35-20-22-13-6-2-7-14-22/h1-18,25-28H,19-20H2/t25-,26+,27+,28-/m1/s1. The summed E-state index contributed by atoms with van der Waals surface area (Å²) in [5.74, 6) is -0.878. The lowest BCUT2D eigenvalue weighted by atomic mass is 9.96. The van der Waals surface area contributed by atoms with Crippen LogP contribution in [0.3, 0.4) is 0 Å². The van der Waals surface area contributed by atoms with Crippen molar-refractivity contribution in [2.75, 3.05) is 0 Å². The van der Waals surface area contributed by atoms with E-state index in [0.717, 1.165) is 11.1 Å². The monoisotopic (exact) mass is 498 g/mol. The number of esters is 2. The largest absolute Gasteiger partial charge is 0.465 e. The molecule has 0 N–H and O–H groups in total. The summed E-state index contributed by atoms with van der Waals surface area (Å²) in [5.41, 5.74) is 2.12. The van der Waals surface area contributed by atoms with Crippen LogP contribution >= 0.6 is 0 Å². The topological polar surface area (TPSA) is 84.2 Å². The highest BCUT2D eigenvalue weighted by atomic mass is 16.6. The molecule has 0 unspecified atom stereocenters. The SMILES string of the molecule is O=C(O[C@H]1[C@@H](OCc2ccccc2)[C@@H](c2ccco2)OC(=O)[C@@H]1OCc1ccccc1)c1ccccc1. The third kappa shape index (κ3) is 5.97. The Hall–Kier alpha value is -4.20.